The fraction of sp³-hybridized carbons (Fsp3) is 0.441. The minimum absolute atomic E-state index is 0.0251. The van der Waals surface area contributed by atoms with E-state index in [1.54, 1.807) is 22.9 Å². The fourth-order valence-corrected chi connectivity index (χ4v) is 7.62. The number of nitrogens with zero attached hydrogens (tertiary/aromatic N) is 6. The highest BCUT2D eigenvalue weighted by Gasteiger charge is 2.33. The third-order valence-electron chi connectivity index (χ3n) is 9.69. The molecule has 13 heteroatoms. The molecule has 0 atom stereocenters. The average molecular weight is 662 g/mol. The molecule has 2 aromatic carbocycles. The van der Waals surface area contributed by atoms with Gasteiger partial charge in [-0.3, -0.25) is 9.69 Å². The highest BCUT2D eigenvalue weighted by Crippen LogP contribution is 2.43. The van der Waals surface area contributed by atoms with Crippen molar-refractivity contribution in [2.75, 3.05) is 51.3 Å². The lowest BCUT2D eigenvalue weighted by molar-refractivity contribution is 0.0115. The molecule has 1 amide bonds. The molecule has 7 rings (SSSR count). The van der Waals surface area contributed by atoms with Gasteiger partial charge in [0.25, 0.3) is 5.91 Å². The molecule has 3 aliphatic rings. The van der Waals surface area contributed by atoms with Crippen LogP contribution in [0.1, 0.15) is 59.8 Å². The van der Waals surface area contributed by atoms with Crippen LogP contribution in [0.2, 0.25) is 0 Å². The Kier molecular flexibility index (Phi) is 8.97. The molecule has 1 N–H and O–H groups in total. The van der Waals surface area contributed by atoms with E-state index in [-0.39, 0.29) is 24.0 Å². The number of morpholine rings is 1. The number of pyridine rings is 1. The Morgan fingerprint density at radius 2 is 1.70 bits per heavy atom. The second-order valence-corrected chi connectivity index (χ2v) is 14.4. The van der Waals surface area contributed by atoms with E-state index >= 15 is 0 Å². The van der Waals surface area contributed by atoms with E-state index in [1.807, 2.05) is 30.3 Å². The topological polar surface area (TPSA) is 113 Å². The number of ether oxygens (including phenoxy) is 1. The normalized spacial score (nSPS) is 18.5. The van der Waals surface area contributed by atoms with Crippen molar-refractivity contribution in [1.82, 2.24) is 28.7 Å². The number of carbonyl (C=O) groups is 1. The van der Waals surface area contributed by atoms with Gasteiger partial charge in [0, 0.05) is 51.7 Å². The fourth-order valence-electron chi connectivity index (χ4n) is 6.81. The first-order valence-electron chi connectivity index (χ1n) is 16.4. The largest absolute Gasteiger partial charge is 0.379 e. The summed E-state index contributed by atoms with van der Waals surface area (Å²) in [6, 6.07) is 17.4. The number of aromatic nitrogens is 3. The van der Waals surface area contributed by atoms with Crippen molar-refractivity contribution < 1.29 is 22.3 Å². The third-order valence-corrected chi connectivity index (χ3v) is 11.1. The lowest BCUT2D eigenvalue weighted by Crippen LogP contribution is -2.49. The summed E-state index contributed by atoms with van der Waals surface area (Å²) in [5, 5.41) is 5.90. The highest BCUT2D eigenvalue weighted by molar-refractivity contribution is 7.87. The zero-order chi connectivity index (χ0) is 32.5. The van der Waals surface area contributed by atoms with Crippen molar-refractivity contribution in [2.24, 2.45) is 0 Å². The number of nitrogens with one attached hydrogen (secondary N) is 1. The van der Waals surface area contributed by atoms with Crippen molar-refractivity contribution >= 4 is 32.8 Å². The number of amides is 1. The van der Waals surface area contributed by atoms with Gasteiger partial charge in [-0.25, -0.2) is 18.8 Å². The van der Waals surface area contributed by atoms with Crippen molar-refractivity contribution in [3.63, 3.8) is 0 Å². The van der Waals surface area contributed by atoms with E-state index in [4.69, 9.17) is 14.8 Å². The first-order chi connectivity index (χ1) is 22.8. The first kappa shape index (κ1) is 31.7. The maximum absolute atomic E-state index is 13.9. The maximum atomic E-state index is 13.9. The Balaban J connectivity index is 1.26. The predicted octanol–water partition coefficient (Wildman–Crippen LogP) is 4.23. The number of hydrogen-bond acceptors (Lipinski definition) is 8. The first-order valence-corrected chi connectivity index (χ1v) is 17.8. The van der Waals surface area contributed by atoms with E-state index in [2.05, 4.69) is 14.5 Å². The van der Waals surface area contributed by atoms with Crippen molar-refractivity contribution in [2.45, 2.75) is 50.6 Å². The van der Waals surface area contributed by atoms with Gasteiger partial charge in [-0.2, -0.15) is 17.8 Å². The summed E-state index contributed by atoms with van der Waals surface area (Å²) in [4.78, 5) is 23.3. The molecule has 3 fully saturated rings. The second-order valence-electron chi connectivity index (χ2n) is 12.7. The van der Waals surface area contributed by atoms with Crippen LogP contribution in [0.5, 0.6) is 0 Å². The minimum Gasteiger partial charge on any atom is -0.379 e. The molecule has 248 valence electrons. The number of fused-ring (bicyclic) bond motifs is 1. The zero-order valence-corrected chi connectivity index (χ0v) is 27.3. The summed E-state index contributed by atoms with van der Waals surface area (Å²) in [5.74, 6) is -0.947. The van der Waals surface area contributed by atoms with Gasteiger partial charge < -0.3 is 9.64 Å². The van der Waals surface area contributed by atoms with Crippen LogP contribution in [-0.4, -0.2) is 90.8 Å². The number of hydrogen-bond donors (Lipinski definition) is 1. The average Bonchev–Trinajstić information content (AvgIpc) is 3.43. The summed E-state index contributed by atoms with van der Waals surface area (Å²) in [5.41, 5.74) is 3.57. The summed E-state index contributed by atoms with van der Waals surface area (Å²) in [7, 11) is -2.76. The molecule has 1 saturated carbocycles. The van der Waals surface area contributed by atoms with Gasteiger partial charge in [-0.05, 0) is 61.6 Å². The molecular weight excluding hydrogens is 621 g/mol. The van der Waals surface area contributed by atoms with Gasteiger partial charge in [0.15, 0.2) is 5.65 Å². The molecule has 2 saturated heterocycles. The Labute approximate surface area is 274 Å². The van der Waals surface area contributed by atoms with Gasteiger partial charge in [-0.15, -0.1) is 0 Å². The lowest BCUT2D eigenvalue weighted by Gasteiger charge is -2.41. The number of piperidine rings is 1. The summed E-state index contributed by atoms with van der Waals surface area (Å²) in [6.45, 7) is 5.00. The van der Waals surface area contributed by atoms with Crippen molar-refractivity contribution in [3.8, 4) is 5.69 Å². The molecule has 1 aliphatic carbocycles. The summed E-state index contributed by atoms with van der Waals surface area (Å²) < 4.78 is 51.1. The van der Waals surface area contributed by atoms with E-state index in [0.29, 0.717) is 17.4 Å². The van der Waals surface area contributed by atoms with Crippen molar-refractivity contribution in [3.05, 3.63) is 83.4 Å². The Bertz CT molecular complexity index is 1830. The number of rotatable bonds is 9. The number of anilines is 1. The van der Waals surface area contributed by atoms with Gasteiger partial charge in [0.05, 0.1) is 35.7 Å². The monoisotopic (exact) mass is 661 g/mol. The van der Waals surface area contributed by atoms with Gasteiger partial charge in [0.1, 0.15) is 11.5 Å². The van der Waals surface area contributed by atoms with Crippen LogP contribution >= 0.6 is 0 Å². The van der Waals surface area contributed by atoms with Crippen LogP contribution in [-0.2, 0) is 21.5 Å². The van der Waals surface area contributed by atoms with Crippen LogP contribution in [0.25, 0.3) is 16.7 Å². The van der Waals surface area contributed by atoms with E-state index in [0.717, 1.165) is 98.1 Å². The Morgan fingerprint density at radius 3 is 2.36 bits per heavy atom. The Hall–Kier alpha value is -3.91. The Morgan fingerprint density at radius 1 is 1.00 bits per heavy atom. The number of benzene rings is 2. The molecule has 0 unspecified atom stereocenters. The molecule has 0 spiro atoms. The van der Waals surface area contributed by atoms with Crippen LogP contribution in [0.3, 0.4) is 0 Å². The second kappa shape index (κ2) is 13.3. The number of halogens is 1. The summed E-state index contributed by atoms with van der Waals surface area (Å²) in [6.07, 6.45) is 5.02. The quantitative estimate of drug-likeness (QED) is 0.284. The molecule has 4 aromatic rings. The molecular formula is C34H40FN7O4S. The van der Waals surface area contributed by atoms with E-state index < -0.39 is 16.1 Å². The van der Waals surface area contributed by atoms with Crippen LogP contribution in [0.15, 0.2) is 60.7 Å². The van der Waals surface area contributed by atoms with Gasteiger partial charge in [0.2, 0.25) is 0 Å². The van der Waals surface area contributed by atoms with Crippen LogP contribution in [0.4, 0.5) is 10.1 Å². The smallest absolute Gasteiger partial charge is 0.304 e. The SMILES string of the molecule is CN(Cc1ccccc1)S(=O)(=O)NC(=O)c1cc(N2CCC(N3CCOCC3)CC2)c2c(C3CCC3)nn(-c3ccc(F)cc3)c2n1. The zero-order valence-electron chi connectivity index (χ0n) is 26.5. The summed E-state index contributed by atoms with van der Waals surface area (Å²) >= 11 is 0. The lowest BCUT2D eigenvalue weighted by atomic mass is 9.82. The predicted molar refractivity (Wildman–Crippen MR) is 177 cm³/mol. The molecule has 47 heavy (non-hydrogen) atoms. The third kappa shape index (κ3) is 6.62. The minimum atomic E-state index is -4.19. The molecule has 4 heterocycles. The molecule has 2 aromatic heterocycles. The van der Waals surface area contributed by atoms with E-state index in [9.17, 15) is 17.6 Å². The van der Waals surface area contributed by atoms with Gasteiger partial charge in [-0.1, -0.05) is 36.8 Å². The molecule has 0 bridgehead atoms. The standard InChI is InChI=1S/C34H40FN7O4S/c1-39(23-24-6-3-2-4-7-24)47(44,45)38-34(43)29-22-30(41-16-14-27(15-17-41)40-18-20-46-21-19-40)31-32(25-8-5-9-25)37-42(33(31)36-29)28-12-10-26(35)11-13-28/h2-4,6-7,10-13,22,25,27H,5,8-9,14-21,23H2,1H3,(H,38,43). The van der Waals surface area contributed by atoms with Crippen LogP contribution in [0, 0.1) is 5.82 Å². The van der Waals surface area contributed by atoms with E-state index in [1.165, 1.54) is 19.2 Å². The highest BCUT2D eigenvalue weighted by atomic mass is 32.2. The van der Waals surface area contributed by atoms with Gasteiger partial charge >= 0.3 is 10.2 Å². The van der Waals surface area contributed by atoms with Crippen LogP contribution < -0.4 is 9.62 Å². The molecule has 11 nitrogen and oxygen atoms in total. The number of carbonyl (C=O) groups excluding carboxylic acids is 1. The molecule has 2 aliphatic heterocycles. The maximum Gasteiger partial charge on any atom is 0.304 e. The van der Waals surface area contributed by atoms with Crippen molar-refractivity contribution in [1.29, 1.82) is 0 Å². The molecule has 0 radical (unpaired) electrons.